The highest BCUT2D eigenvalue weighted by atomic mass is 16.5. The fourth-order valence-electron chi connectivity index (χ4n) is 1.51. The van der Waals surface area contributed by atoms with E-state index < -0.39 is 6.10 Å². The molecule has 72 valence electrons. The average molecular weight is 182 g/mol. The third-order valence-electron chi connectivity index (χ3n) is 2.34. The predicted molar refractivity (Wildman–Crippen MR) is 47.3 cm³/mol. The largest absolute Gasteiger partial charge is 0.387 e. The smallest absolute Gasteiger partial charge is 0.0950 e. The zero-order valence-corrected chi connectivity index (χ0v) is 7.68. The highest BCUT2D eigenvalue weighted by molar-refractivity contribution is 5.02. The molecule has 1 N–H and O–H groups in total. The second kappa shape index (κ2) is 3.47. The third-order valence-corrected chi connectivity index (χ3v) is 2.34. The summed E-state index contributed by atoms with van der Waals surface area (Å²) in [7, 11) is 0. The molecular weight excluding hydrogens is 168 g/mol. The number of hydrogen-bond acceptors (Lipinski definition) is 3. The van der Waals surface area contributed by atoms with Crippen LogP contribution in [0.25, 0.3) is 0 Å². The molecule has 0 amide bonds. The van der Waals surface area contributed by atoms with Gasteiger partial charge in [-0.1, -0.05) is 0 Å². The Morgan fingerprint density at radius 1 is 1.77 bits per heavy atom. The van der Waals surface area contributed by atoms with Gasteiger partial charge in [-0.15, -0.1) is 0 Å². The van der Waals surface area contributed by atoms with E-state index in [-0.39, 0.29) is 0 Å². The first-order valence-corrected chi connectivity index (χ1v) is 4.58. The Morgan fingerprint density at radius 2 is 2.62 bits per heavy atom. The van der Waals surface area contributed by atoms with Crippen LogP contribution in [0.3, 0.4) is 0 Å². The van der Waals surface area contributed by atoms with Gasteiger partial charge in [0.05, 0.1) is 24.4 Å². The summed E-state index contributed by atoms with van der Waals surface area (Å²) in [5.74, 6) is 0. The maximum Gasteiger partial charge on any atom is 0.0950 e. The zero-order chi connectivity index (χ0) is 9.26. The Kier molecular flexibility index (Phi) is 2.33. The molecule has 0 radical (unpaired) electrons. The van der Waals surface area contributed by atoms with Crippen LogP contribution in [-0.2, 0) is 4.74 Å². The molecule has 0 spiro atoms. The first-order valence-electron chi connectivity index (χ1n) is 4.58. The summed E-state index contributed by atoms with van der Waals surface area (Å²) in [5, 5.41) is 13.6. The van der Waals surface area contributed by atoms with Gasteiger partial charge in [-0.25, -0.2) is 0 Å². The Hall–Kier alpha value is -0.870. The summed E-state index contributed by atoms with van der Waals surface area (Å²) >= 11 is 0. The van der Waals surface area contributed by atoms with E-state index in [0.717, 1.165) is 25.3 Å². The third kappa shape index (κ3) is 1.73. The quantitative estimate of drug-likeness (QED) is 0.739. The van der Waals surface area contributed by atoms with Crippen LogP contribution in [0.2, 0.25) is 0 Å². The van der Waals surface area contributed by atoms with E-state index in [1.807, 2.05) is 16.9 Å². The van der Waals surface area contributed by atoms with Crippen LogP contribution in [0.4, 0.5) is 0 Å². The summed E-state index contributed by atoms with van der Waals surface area (Å²) in [6.07, 6.45) is 2.44. The lowest BCUT2D eigenvalue weighted by Crippen LogP contribution is -2.09. The summed E-state index contributed by atoms with van der Waals surface area (Å²) in [6.45, 7) is 3.27. The highest BCUT2D eigenvalue weighted by Crippen LogP contribution is 2.19. The van der Waals surface area contributed by atoms with E-state index in [2.05, 4.69) is 5.10 Å². The molecular formula is C9H14N2O2. The number of aromatic nitrogens is 2. The van der Waals surface area contributed by atoms with E-state index in [9.17, 15) is 5.11 Å². The Morgan fingerprint density at radius 3 is 3.15 bits per heavy atom. The number of nitrogens with zero attached hydrogens (tertiary/aromatic N) is 2. The minimum absolute atomic E-state index is 0.354. The van der Waals surface area contributed by atoms with Gasteiger partial charge in [0, 0.05) is 12.8 Å². The monoisotopic (exact) mass is 182 g/mol. The van der Waals surface area contributed by atoms with E-state index in [0.29, 0.717) is 6.04 Å². The van der Waals surface area contributed by atoms with Crippen molar-refractivity contribution < 1.29 is 9.84 Å². The normalized spacial score (nSPS) is 24.9. The molecule has 2 atom stereocenters. The molecule has 0 saturated carbocycles. The van der Waals surface area contributed by atoms with Crippen LogP contribution in [0.15, 0.2) is 12.3 Å². The number of aliphatic hydroxyl groups excluding tert-OH is 1. The standard InChI is InChI=1S/C9H14N2O2/c1-7(12)9-2-4-11(10-9)8-3-5-13-6-8/h2,4,7-8,12H,3,5-6H2,1H3. The Bertz CT molecular complexity index is 277. The Balaban J connectivity index is 2.12. The van der Waals surface area contributed by atoms with Crippen molar-refractivity contribution in [1.82, 2.24) is 9.78 Å². The van der Waals surface area contributed by atoms with Gasteiger partial charge < -0.3 is 9.84 Å². The van der Waals surface area contributed by atoms with Crippen molar-refractivity contribution in [3.8, 4) is 0 Å². The molecule has 4 nitrogen and oxygen atoms in total. The predicted octanol–water partition coefficient (Wildman–Crippen LogP) is 0.898. The molecule has 2 rings (SSSR count). The summed E-state index contributed by atoms with van der Waals surface area (Å²) < 4.78 is 7.14. The van der Waals surface area contributed by atoms with Gasteiger partial charge >= 0.3 is 0 Å². The van der Waals surface area contributed by atoms with Crippen molar-refractivity contribution in [2.75, 3.05) is 13.2 Å². The van der Waals surface area contributed by atoms with Crippen LogP contribution in [-0.4, -0.2) is 28.1 Å². The minimum atomic E-state index is -0.483. The molecule has 2 unspecified atom stereocenters. The van der Waals surface area contributed by atoms with E-state index in [1.165, 1.54) is 0 Å². The van der Waals surface area contributed by atoms with Crippen molar-refractivity contribution >= 4 is 0 Å². The zero-order valence-electron chi connectivity index (χ0n) is 7.68. The number of ether oxygens (including phenoxy) is 1. The van der Waals surface area contributed by atoms with Gasteiger partial charge in [-0.2, -0.15) is 5.10 Å². The maximum atomic E-state index is 9.27. The lowest BCUT2D eigenvalue weighted by Gasteiger charge is -2.07. The fraction of sp³-hybridized carbons (Fsp3) is 0.667. The molecule has 0 aromatic carbocycles. The minimum Gasteiger partial charge on any atom is -0.387 e. The van der Waals surface area contributed by atoms with Crippen molar-refractivity contribution in [3.63, 3.8) is 0 Å². The molecule has 1 aliphatic rings. The summed E-state index contributed by atoms with van der Waals surface area (Å²) in [4.78, 5) is 0. The van der Waals surface area contributed by atoms with E-state index in [1.54, 1.807) is 6.92 Å². The van der Waals surface area contributed by atoms with Gasteiger partial charge in [0.2, 0.25) is 0 Å². The molecule has 1 aromatic heterocycles. The molecule has 0 aliphatic carbocycles. The van der Waals surface area contributed by atoms with Gasteiger partial charge in [0.25, 0.3) is 0 Å². The lowest BCUT2D eigenvalue weighted by molar-refractivity contribution is 0.180. The van der Waals surface area contributed by atoms with Gasteiger partial charge in [-0.3, -0.25) is 4.68 Å². The van der Waals surface area contributed by atoms with Gasteiger partial charge in [0.1, 0.15) is 0 Å². The lowest BCUT2D eigenvalue weighted by atomic mass is 10.3. The number of rotatable bonds is 2. The van der Waals surface area contributed by atoms with Crippen LogP contribution in [0.5, 0.6) is 0 Å². The van der Waals surface area contributed by atoms with Gasteiger partial charge in [0.15, 0.2) is 0 Å². The molecule has 13 heavy (non-hydrogen) atoms. The average Bonchev–Trinajstić information content (AvgIpc) is 2.75. The van der Waals surface area contributed by atoms with Crippen LogP contribution in [0.1, 0.15) is 31.2 Å². The van der Waals surface area contributed by atoms with Crippen LogP contribution >= 0.6 is 0 Å². The molecule has 1 aliphatic heterocycles. The molecule has 1 saturated heterocycles. The van der Waals surface area contributed by atoms with Crippen molar-refractivity contribution in [1.29, 1.82) is 0 Å². The molecule has 2 heterocycles. The first-order chi connectivity index (χ1) is 6.27. The summed E-state index contributed by atoms with van der Waals surface area (Å²) in [6, 6.07) is 2.20. The maximum absolute atomic E-state index is 9.27. The molecule has 1 aromatic rings. The highest BCUT2D eigenvalue weighted by Gasteiger charge is 2.18. The number of aliphatic hydroxyl groups is 1. The van der Waals surface area contributed by atoms with Crippen molar-refractivity contribution in [3.05, 3.63) is 18.0 Å². The van der Waals surface area contributed by atoms with Crippen LogP contribution < -0.4 is 0 Å². The summed E-state index contributed by atoms with van der Waals surface area (Å²) in [5.41, 5.74) is 0.729. The molecule has 0 bridgehead atoms. The first kappa shape index (κ1) is 8.72. The van der Waals surface area contributed by atoms with Crippen LogP contribution in [0, 0.1) is 0 Å². The topological polar surface area (TPSA) is 47.3 Å². The van der Waals surface area contributed by atoms with E-state index in [4.69, 9.17) is 4.74 Å². The SMILES string of the molecule is CC(O)c1ccn(C2CCOC2)n1. The fourth-order valence-corrected chi connectivity index (χ4v) is 1.51. The number of hydrogen-bond donors (Lipinski definition) is 1. The van der Waals surface area contributed by atoms with Gasteiger partial charge in [-0.05, 0) is 19.4 Å². The molecule has 1 fully saturated rings. The van der Waals surface area contributed by atoms with Crippen molar-refractivity contribution in [2.24, 2.45) is 0 Å². The van der Waals surface area contributed by atoms with Crippen molar-refractivity contribution in [2.45, 2.75) is 25.5 Å². The molecule has 4 heteroatoms. The second-order valence-corrected chi connectivity index (χ2v) is 3.41. The Labute approximate surface area is 77.1 Å². The second-order valence-electron chi connectivity index (χ2n) is 3.41. The van der Waals surface area contributed by atoms with E-state index >= 15 is 0 Å².